The molecule has 158 valence electrons. The molecule has 1 N–H and O–H groups in total. The molecule has 1 saturated heterocycles. The fourth-order valence-electron chi connectivity index (χ4n) is 2.85. The van der Waals surface area contributed by atoms with Crippen LogP contribution in [0.3, 0.4) is 0 Å². The molecule has 9 heteroatoms. The van der Waals surface area contributed by atoms with E-state index in [1.165, 1.54) is 12.1 Å². The quantitative estimate of drug-likeness (QED) is 0.399. The maximum absolute atomic E-state index is 12.5. The zero-order chi connectivity index (χ0) is 22.4. The molecular formula is C21H19ClO8. The highest BCUT2D eigenvalue weighted by molar-refractivity contribution is 6.26. The first kappa shape index (κ1) is 20.3. The number of ether oxygens (including phenoxy) is 4. The molecule has 1 fully saturated rings. The predicted octanol–water partition coefficient (Wildman–Crippen LogP) is 1.94. The molecule has 1 aliphatic heterocycles. The van der Waals surface area contributed by atoms with Crippen LogP contribution in [-0.4, -0.2) is 60.1 Å². The summed E-state index contributed by atoms with van der Waals surface area (Å²) in [7, 11) is 0. The van der Waals surface area contributed by atoms with Gasteiger partial charge in [0.15, 0.2) is 18.5 Å². The molecule has 0 aromatic heterocycles. The van der Waals surface area contributed by atoms with E-state index in [-0.39, 0.29) is 5.56 Å². The van der Waals surface area contributed by atoms with Crippen LogP contribution in [-0.2, 0) is 23.7 Å². The van der Waals surface area contributed by atoms with Gasteiger partial charge in [-0.3, -0.25) is 4.79 Å². The van der Waals surface area contributed by atoms with Gasteiger partial charge in [-0.1, -0.05) is 36.4 Å². The number of halogens is 1. The van der Waals surface area contributed by atoms with Crippen molar-refractivity contribution in [2.24, 2.45) is 0 Å². The fourth-order valence-corrected chi connectivity index (χ4v) is 2.90. The summed E-state index contributed by atoms with van der Waals surface area (Å²) in [4.78, 5) is 36.5. The van der Waals surface area contributed by atoms with Gasteiger partial charge in [0.25, 0.3) is 0 Å². The van der Waals surface area contributed by atoms with Gasteiger partial charge in [0.2, 0.25) is 0 Å². The number of esters is 3. The Bertz CT molecular complexity index is 908. The number of hydrogen-bond acceptors (Lipinski definition) is 8. The highest BCUT2D eigenvalue weighted by atomic mass is 35.5. The van der Waals surface area contributed by atoms with E-state index in [0.717, 1.165) is 0 Å². The molecule has 0 amide bonds. The van der Waals surface area contributed by atoms with E-state index in [1.54, 1.807) is 48.5 Å². The Morgan fingerprint density at radius 3 is 2.07 bits per heavy atom. The summed E-state index contributed by atoms with van der Waals surface area (Å²) in [5.41, 5.74) is 0.505. The van der Waals surface area contributed by atoms with Crippen molar-refractivity contribution in [3.63, 3.8) is 0 Å². The molecule has 0 radical (unpaired) electrons. The minimum atomic E-state index is -1.74. The second-order valence-electron chi connectivity index (χ2n) is 6.28. The second kappa shape index (κ2) is 10.2. The normalized spacial score (nSPS) is 24.4. The number of carbonyl (C=O) groups is 3. The Balaban J connectivity index is 1.74. The van der Waals surface area contributed by atoms with Crippen molar-refractivity contribution in [3.8, 4) is 0 Å². The van der Waals surface area contributed by atoms with Gasteiger partial charge in [0, 0.05) is 0 Å². The first-order chi connectivity index (χ1) is 14.9. The van der Waals surface area contributed by atoms with Gasteiger partial charge >= 0.3 is 17.9 Å². The Labute approximate surface area is 178 Å². The van der Waals surface area contributed by atoms with Gasteiger partial charge in [-0.15, -0.1) is 11.6 Å². The molecule has 3 rings (SSSR count). The average Bonchev–Trinajstić information content (AvgIpc) is 3.07. The third kappa shape index (κ3) is 5.35. The lowest BCUT2D eigenvalue weighted by atomic mass is 10.1. The molecule has 1 aliphatic rings. The third-order valence-electron chi connectivity index (χ3n) is 4.27. The molecule has 0 spiro atoms. The Kier molecular flexibility index (Phi) is 6.91. The number of aliphatic hydroxyl groups is 1. The topological polar surface area (TPSA) is 108 Å². The molecule has 2 unspecified atom stereocenters. The summed E-state index contributed by atoms with van der Waals surface area (Å²) >= 11 is 5.40. The molecule has 30 heavy (non-hydrogen) atoms. The van der Waals surface area contributed by atoms with Crippen molar-refractivity contribution in [1.29, 1.82) is 0 Å². The lowest BCUT2D eigenvalue weighted by molar-refractivity contribution is -0.170. The number of aliphatic hydroxyl groups excluding tert-OH is 1. The molecule has 5 atom stereocenters. The molecular weight excluding hydrogens is 416 g/mol. The maximum Gasteiger partial charge on any atom is 0.338 e. The first-order valence-electron chi connectivity index (χ1n) is 9.53. The summed E-state index contributed by atoms with van der Waals surface area (Å²) in [6.45, 7) is -0.392. The lowest BCUT2D eigenvalue weighted by Gasteiger charge is -2.23. The summed E-state index contributed by atoms with van der Waals surface area (Å²) in [6, 6.07) is 16.2. The molecule has 0 saturated carbocycles. The number of benzene rings is 2. The zero-order valence-electron chi connectivity index (χ0n) is 16.6. The van der Waals surface area contributed by atoms with Crippen LogP contribution in [0.25, 0.3) is 0 Å². The van der Waals surface area contributed by atoms with Crippen molar-refractivity contribution in [1.82, 2.24) is 0 Å². The van der Waals surface area contributed by atoms with Crippen LogP contribution in [0, 0.1) is 0 Å². The van der Waals surface area contributed by atoms with Crippen LogP contribution in [0.4, 0.5) is 0 Å². The molecule has 1 heterocycles. The van der Waals surface area contributed by atoms with Crippen molar-refractivity contribution in [2.45, 2.75) is 24.6 Å². The zero-order valence-corrected chi connectivity index (χ0v) is 16.3. The lowest BCUT2D eigenvalue weighted by Crippen LogP contribution is -2.42. The number of hydrogen-bond donors (Lipinski definition) is 1. The minimum absolute atomic E-state index is 0.213. The molecule has 8 nitrogen and oxygen atoms in total. The molecule has 2 aromatic rings. The summed E-state index contributed by atoms with van der Waals surface area (Å²) in [6.07, 6.45) is -5.60. The number of alkyl halides is 1. The SMILES string of the molecule is [2H]C(Cl)C(=O)O[C@@H]1C(O)O[C@H](COC(=O)c2ccccc2)[C@H]1OC(=O)c1ccccc1. The average molecular weight is 436 g/mol. The van der Waals surface area contributed by atoms with E-state index >= 15 is 0 Å². The molecule has 2 aromatic carbocycles. The Morgan fingerprint density at radius 1 is 0.933 bits per heavy atom. The monoisotopic (exact) mass is 435 g/mol. The number of rotatable bonds is 7. The van der Waals surface area contributed by atoms with Crippen LogP contribution in [0.15, 0.2) is 60.7 Å². The molecule has 0 aliphatic carbocycles. The van der Waals surface area contributed by atoms with Gasteiger partial charge in [-0.05, 0) is 24.3 Å². The van der Waals surface area contributed by atoms with Crippen LogP contribution in [0.1, 0.15) is 22.1 Å². The van der Waals surface area contributed by atoms with E-state index in [9.17, 15) is 19.5 Å². The highest BCUT2D eigenvalue weighted by Crippen LogP contribution is 2.27. The van der Waals surface area contributed by atoms with Gasteiger partial charge < -0.3 is 24.1 Å². The van der Waals surface area contributed by atoms with E-state index in [1.807, 2.05) is 0 Å². The van der Waals surface area contributed by atoms with Crippen molar-refractivity contribution >= 4 is 29.5 Å². The fraction of sp³-hybridized carbons (Fsp3) is 0.286. The van der Waals surface area contributed by atoms with E-state index in [0.29, 0.717) is 5.56 Å². The van der Waals surface area contributed by atoms with Crippen molar-refractivity contribution in [2.75, 3.05) is 12.5 Å². The third-order valence-corrected chi connectivity index (χ3v) is 4.45. The summed E-state index contributed by atoms with van der Waals surface area (Å²) < 4.78 is 28.2. The number of carbonyl (C=O) groups excluding carboxylic acids is 3. The predicted molar refractivity (Wildman–Crippen MR) is 104 cm³/mol. The highest BCUT2D eigenvalue weighted by Gasteiger charge is 2.49. The van der Waals surface area contributed by atoms with Crippen LogP contribution < -0.4 is 0 Å². The van der Waals surface area contributed by atoms with Crippen LogP contribution in [0.5, 0.6) is 0 Å². The maximum atomic E-state index is 12.5. The first-order valence-corrected chi connectivity index (χ1v) is 9.39. The van der Waals surface area contributed by atoms with E-state index in [2.05, 4.69) is 0 Å². The standard InChI is InChI=1S/C21H19ClO8/c22-11-16(23)29-18-17(30-20(25)14-9-5-2-6-10-14)15(28-21(18)26)12-27-19(24)13-7-3-1-4-8-13/h1-10,15,17-18,21,26H,11-12H2/t15-,17-,18+,21?/m1/s1/i11D/t11?,15-,17-,18+,21?. The van der Waals surface area contributed by atoms with Gasteiger partial charge in [-0.25, -0.2) is 9.59 Å². The van der Waals surface area contributed by atoms with Crippen LogP contribution >= 0.6 is 11.6 Å². The van der Waals surface area contributed by atoms with Crippen molar-refractivity contribution in [3.05, 3.63) is 71.8 Å². The van der Waals surface area contributed by atoms with Crippen molar-refractivity contribution < 1.29 is 39.8 Å². The summed E-state index contributed by atoms with van der Waals surface area (Å²) in [5.74, 6) is -4.32. The Morgan fingerprint density at radius 2 is 1.50 bits per heavy atom. The summed E-state index contributed by atoms with van der Waals surface area (Å²) in [5, 5.41) is 10.2. The largest absolute Gasteiger partial charge is 0.459 e. The van der Waals surface area contributed by atoms with E-state index < -0.39 is 55.0 Å². The van der Waals surface area contributed by atoms with Crippen LogP contribution in [0.2, 0.25) is 0 Å². The van der Waals surface area contributed by atoms with Gasteiger partial charge in [0.05, 0.1) is 12.5 Å². The van der Waals surface area contributed by atoms with Gasteiger partial charge in [-0.2, -0.15) is 0 Å². The Hall–Kier alpha value is -2.94. The molecule has 0 bridgehead atoms. The minimum Gasteiger partial charge on any atom is -0.459 e. The van der Waals surface area contributed by atoms with Gasteiger partial charge in [0.1, 0.15) is 18.6 Å². The van der Waals surface area contributed by atoms with E-state index in [4.69, 9.17) is 31.9 Å². The second-order valence-corrected chi connectivity index (χ2v) is 6.49. The smallest absolute Gasteiger partial charge is 0.338 e.